The molecule has 16 heavy (non-hydrogen) atoms. The number of hydrogen-bond donors (Lipinski definition) is 1. The monoisotopic (exact) mass is 212 g/mol. The van der Waals surface area contributed by atoms with Crippen LogP contribution in [0.5, 0.6) is 0 Å². The van der Waals surface area contributed by atoms with E-state index in [0.29, 0.717) is 6.54 Å². The minimum Gasteiger partial charge on any atom is -0.330 e. The van der Waals surface area contributed by atoms with Gasteiger partial charge in [-0.2, -0.15) is 0 Å². The van der Waals surface area contributed by atoms with Gasteiger partial charge in [0.15, 0.2) is 0 Å². The van der Waals surface area contributed by atoms with Crippen molar-refractivity contribution in [2.75, 3.05) is 6.54 Å². The number of aromatic nitrogens is 1. The fraction of sp³-hybridized carbons (Fsp3) is 0.214. The van der Waals surface area contributed by atoms with Gasteiger partial charge in [0.25, 0.3) is 0 Å². The van der Waals surface area contributed by atoms with E-state index >= 15 is 0 Å². The van der Waals surface area contributed by atoms with Gasteiger partial charge in [0, 0.05) is 12.4 Å². The molecule has 0 aliphatic heterocycles. The van der Waals surface area contributed by atoms with Crippen molar-refractivity contribution >= 4 is 0 Å². The lowest BCUT2D eigenvalue weighted by Crippen LogP contribution is -2.03. The first-order valence-electron chi connectivity index (χ1n) is 5.55. The van der Waals surface area contributed by atoms with Crippen LogP contribution in [0.15, 0.2) is 48.8 Å². The van der Waals surface area contributed by atoms with E-state index in [1.807, 2.05) is 12.4 Å². The molecule has 0 unspecified atom stereocenters. The van der Waals surface area contributed by atoms with Crippen LogP contribution in [0, 0.1) is 0 Å². The molecule has 0 radical (unpaired) electrons. The highest BCUT2D eigenvalue weighted by molar-refractivity contribution is 5.28. The lowest BCUT2D eigenvalue weighted by molar-refractivity contribution is 0.964. The van der Waals surface area contributed by atoms with Crippen molar-refractivity contribution in [2.45, 2.75) is 12.8 Å². The molecular weight excluding hydrogens is 196 g/mol. The maximum Gasteiger partial charge on any atom is 0.0270 e. The highest BCUT2D eigenvalue weighted by Gasteiger charge is 1.97. The molecule has 0 amide bonds. The Morgan fingerprint density at radius 1 is 0.938 bits per heavy atom. The second-order valence-corrected chi connectivity index (χ2v) is 3.89. The van der Waals surface area contributed by atoms with E-state index in [9.17, 15) is 0 Å². The molecule has 0 aliphatic carbocycles. The maximum atomic E-state index is 5.55. The Morgan fingerprint density at radius 3 is 2.44 bits per heavy atom. The molecule has 2 aromatic rings. The fourth-order valence-corrected chi connectivity index (χ4v) is 1.80. The summed E-state index contributed by atoms with van der Waals surface area (Å²) in [6.07, 6.45) is 5.57. The van der Waals surface area contributed by atoms with Crippen molar-refractivity contribution < 1.29 is 0 Å². The molecule has 1 aromatic heterocycles. The Morgan fingerprint density at radius 2 is 1.69 bits per heavy atom. The van der Waals surface area contributed by atoms with Crippen LogP contribution >= 0.6 is 0 Å². The van der Waals surface area contributed by atoms with Crippen LogP contribution in [0.4, 0.5) is 0 Å². The summed E-state index contributed by atoms with van der Waals surface area (Å²) in [4.78, 5) is 4.02. The van der Waals surface area contributed by atoms with Gasteiger partial charge in [-0.3, -0.25) is 4.98 Å². The van der Waals surface area contributed by atoms with Crippen LogP contribution in [-0.4, -0.2) is 11.5 Å². The molecular formula is C14H16N2. The summed E-state index contributed by atoms with van der Waals surface area (Å²) in [5.41, 5.74) is 9.49. The second kappa shape index (κ2) is 5.42. The van der Waals surface area contributed by atoms with Crippen LogP contribution < -0.4 is 5.73 Å². The molecule has 0 saturated carbocycles. The lowest BCUT2D eigenvalue weighted by atomic mass is 10.0. The standard InChI is InChI=1S/C14H16N2/c15-7-4-12-2-1-3-14(10-12)11-13-5-8-16-9-6-13/h1-3,5-6,8-10H,4,7,11,15H2. The first kappa shape index (κ1) is 10.8. The van der Waals surface area contributed by atoms with Crippen molar-refractivity contribution in [1.82, 2.24) is 4.98 Å². The molecule has 0 saturated heterocycles. The fourth-order valence-electron chi connectivity index (χ4n) is 1.80. The van der Waals surface area contributed by atoms with Crippen molar-refractivity contribution in [1.29, 1.82) is 0 Å². The van der Waals surface area contributed by atoms with Crippen molar-refractivity contribution in [2.24, 2.45) is 5.73 Å². The van der Waals surface area contributed by atoms with E-state index in [4.69, 9.17) is 5.73 Å². The smallest absolute Gasteiger partial charge is 0.0270 e. The predicted molar refractivity (Wildman–Crippen MR) is 66.2 cm³/mol. The van der Waals surface area contributed by atoms with E-state index < -0.39 is 0 Å². The normalized spacial score (nSPS) is 10.3. The third-order valence-corrected chi connectivity index (χ3v) is 2.58. The maximum absolute atomic E-state index is 5.55. The van der Waals surface area contributed by atoms with Gasteiger partial charge in [-0.05, 0) is 48.2 Å². The zero-order chi connectivity index (χ0) is 11.2. The Labute approximate surface area is 96.1 Å². The summed E-state index contributed by atoms with van der Waals surface area (Å²) < 4.78 is 0. The van der Waals surface area contributed by atoms with Gasteiger partial charge in [-0.1, -0.05) is 24.3 Å². The molecule has 2 N–H and O–H groups in total. The van der Waals surface area contributed by atoms with Gasteiger partial charge >= 0.3 is 0 Å². The van der Waals surface area contributed by atoms with Crippen molar-refractivity contribution in [3.63, 3.8) is 0 Å². The molecule has 1 aromatic carbocycles. The summed E-state index contributed by atoms with van der Waals surface area (Å²) in [5, 5.41) is 0. The summed E-state index contributed by atoms with van der Waals surface area (Å²) in [6.45, 7) is 0.707. The minimum atomic E-state index is 0.707. The number of rotatable bonds is 4. The van der Waals surface area contributed by atoms with Gasteiger partial charge in [0.2, 0.25) is 0 Å². The van der Waals surface area contributed by atoms with Crippen LogP contribution in [0.1, 0.15) is 16.7 Å². The Hall–Kier alpha value is -1.67. The molecule has 2 heteroatoms. The SMILES string of the molecule is NCCc1cccc(Cc2ccncc2)c1. The van der Waals surface area contributed by atoms with Gasteiger partial charge in [-0.15, -0.1) is 0 Å². The third kappa shape index (κ3) is 2.91. The Balaban J connectivity index is 2.12. The van der Waals surface area contributed by atoms with E-state index in [0.717, 1.165) is 12.8 Å². The second-order valence-electron chi connectivity index (χ2n) is 3.89. The van der Waals surface area contributed by atoms with E-state index in [-0.39, 0.29) is 0 Å². The highest BCUT2D eigenvalue weighted by Crippen LogP contribution is 2.11. The first-order valence-corrected chi connectivity index (χ1v) is 5.55. The lowest BCUT2D eigenvalue weighted by Gasteiger charge is -2.04. The quantitative estimate of drug-likeness (QED) is 0.843. The highest BCUT2D eigenvalue weighted by atomic mass is 14.6. The molecule has 1 heterocycles. The number of nitrogens with two attached hydrogens (primary N) is 1. The summed E-state index contributed by atoms with van der Waals surface area (Å²) in [7, 11) is 0. The summed E-state index contributed by atoms with van der Waals surface area (Å²) in [5.74, 6) is 0. The van der Waals surface area contributed by atoms with Gasteiger partial charge in [-0.25, -0.2) is 0 Å². The van der Waals surface area contributed by atoms with Gasteiger partial charge in [0.05, 0.1) is 0 Å². The molecule has 0 aliphatic rings. The predicted octanol–water partition coefficient (Wildman–Crippen LogP) is 2.17. The van der Waals surface area contributed by atoms with E-state index in [2.05, 4.69) is 41.4 Å². The topological polar surface area (TPSA) is 38.9 Å². The number of hydrogen-bond acceptors (Lipinski definition) is 2. The minimum absolute atomic E-state index is 0.707. The number of benzene rings is 1. The zero-order valence-electron chi connectivity index (χ0n) is 9.26. The van der Waals surface area contributed by atoms with Crippen molar-refractivity contribution in [3.05, 3.63) is 65.5 Å². The number of pyridine rings is 1. The van der Waals surface area contributed by atoms with Gasteiger partial charge < -0.3 is 5.73 Å². The van der Waals surface area contributed by atoms with Gasteiger partial charge in [0.1, 0.15) is 0 Å². The first-order chi connectivity index (χ1) is 7.88. The average Bonchev–Trinajstić information content (AvgIpc) is 2.31. The van der Waals surface area contributed by atoms with E-state index in [1.54, 1.807) is 0 Å². The third-order valence-electron chi connectivity index (χ3n) is 2.58. The molecule has 0 bridgehead atoms. The van der Waals surface area contributed by atoms with E-state index in [1.165, 1.54) is 16.7 Å². The average molecular weight is 212 g/mol. The molecule has 2 rings (SSSR count). The van der Waals surface area contributed by atoms with Crippen molar-refractivity contribution in [3.8, 4) is 0 Å². The Bertz CT molecular complexity index is 437. The summed E-state index contributed by atoms with van der Waals surface area (Å²) >= 11 is 0. The zero-order valence-corrected chi connectivity index (χ0v) is 9.26. The number of nitrogens with zero attached hydrogens (tertiary/aromatic N) is 1. The molecule has 2 nitrogen and oxygen atoms in total. The van der Waals surface area contributed by atoms with Crippen LogP contribution in [0.3, 0.4) is 0 Å². The van der Waals surface area contributed by atoms with Crippen LogP contribution in [-0.2, 0) is 12.8 Å². The molecule has 0 atom stereocenters. The van der Waals surface area contributed by atoms with Crippen LogP contribution in [0.2, 0.25) is 0 Å². The van der Waals surface area contributed by atoms with Crippen LogP contribution in [0.25, 0.3) is 0 Å². The largest absolute Gasteiger partial charge is 0.330 e. The molecule has 0 spiro atoms. The Kier molecular flexibility index (Phi) is 3.67. The summed E-state index contributed by atoms with van der Waals surface area (Å²) in [6, 6.07) is 12.7. The molecule has 0 fully saturated rings. The molecule has 82 valence electrons.